The Balaban J connectivity index is 1.85. The summed E-state index contributed by atoms with van der Waals surface area (Å²) in [4.78, 5) is 0. The fraction of sp³-hybridized carbons (Fsp3) is 0.529. The van der Waals surface area contributed by atoms with Gasteiger partial charge in [-0.15, -0.1) is 11.8 Å². The van der Waals surface area contributed by atoms with Crippen molar-refractivity contribution < 1.29 is 0 Å². The lowest BCUT2D eigenvalue weighted by atomic mass is 9.93. The van der Waals surface area contributed by atoms with Crippen molar-refractivity contribution >= 4 is 0 Å². The summed E-state index contributed by atoms with van der Waals surface area (Å²) in [5.74, 6) is 6.78. The van der Waals surface area contributed by atoms with Crippen LogP contribution in [0.5, 0.6) is 0 Å². The Kier molecular flexibility index (Phi) is 5.30. The molecular weight excluding hydrogens is 218 g/mol. The highest BCUT2D eigenvalue weighted by atomic mass is 14.9. The first-order chi connectivity index (χ1) is 8.90. The van der Waals surface area contributed by atoms with Gasteiger partial charge in [0.1, 0.15) is 0 Å². The molecule has 1 nitrogen and oxygen atoms in total. The molecule has 0 aliphatic heterocycles. The molecule has 1 N–H and O–H groups in total. The Morgan fingerprint density at radius 1 is 1.28 bits per heavy atom. The van der Waals surface area contributed by atoms with Crippen molar-refractivity contribution in [3.63, 3.8) is 0 Å². The highest BCUT2D eigenvalue weighted by Gasteiger charge is 2.22. The van der Waals surface area contributed by atoms with Crippen molar-refractivity contribution in [3.8, 4) is 11.8 Å². The number of hydrogen-bond acceptors (Lipinski definition) is 1. The lowest BCUT2D eigenvalue weighted by Gasteiger charge is -2.17. The summed E-state index contributed by atoms with van der Waals surface area (Å²) in [6, 6.07) is 11.7. The molecule has 1 unspecified atom stereocenters. The molecular formula is C17H23N. The quantitative estimate of drug-likeness (QED) is 0.567. The van der Waals surface area contributed by atoms with Crippen molar-refractivity contribution in [2.75, 3.05) is 6.54 Å². The van der Waals surface area contributed by atoms with Crippen molar-refractivity contribution in [2.45, 2.75) is 51.0 Å². The molecule has 1 saturated carbocycles. The summed E-state index contributed by atoms with van der Waals surface area (Å²) in [5.41, 5.74) is 1.47. The number of nitrogens with one attached hydrogen (secondary N) is 1. The van der Waals surface area contributed by atoms with Gasteiger partial charge in [0, 0.05) is 19.0 Å². The van der Waals surface area contributed by atoms with E-state index in [1.165, 1.54) is 31.2 Å². The standard InChI is InChI=1S/C17H23N/c1-2-3-4-6-11-16(14-18-17-12-13-17)15-9-7-5-8-10-15/h5,7-10,16-18H,4,6,11-14H2,1H3. The Morgan fingerprint density at radius 3 is 2.72 bits per heavy atom. The molecule has 1 heteroatoms. The van der Waals surface area contributed by atoms with E-state index in [4.69, 9.17) is 0 Å². The van der Waals surface area contributed by atoms with Crippen LogP contribution in [0, 0.1) is 11.8 Å². The van der Waals surface area contributed by atoms with Gasteiger partial charge in [-0.1, -0.05) is 30.3 Å². The number of rotatable bonds is 7. The molecule has 1 atom stereocenters. The van der Waals surface area contributed by atoms with Crippen LogP contribution in [0.3, 0.4) is 0 Å². The lowest BCUT2D eigenvalue weighted by Crippen LogP contribution is -2.23. The van der Waals surface area contributed by atoms with Crippen LogP contribution < -0.4 is 5.32 Å². The van der Waals surface area contributed by atoms with E-state index in [0.29, 0.717) is 5.92 Å². The predicted octanol–water partition coefficient (Wildman–Crippen LogP) is 3.72. The summed E-state index contributed by atoms with van der Waals surface area (Å²) >= 11 is 0. The Hall–Kier alpha value is -1.26. The van der Waals surface area contributed by atoms with Crippen LogP contribution in [0.4, 0.5) is 0 Å². The van der Waals surface area contributed by atoms with Crippen LogP contribution in [0.15, 0.2) is 30.3 Å². The molecule has 0 bridgehead atoms. The molecule has 1 aromatic carbocycles. The fourth-order valence-electron chi connectivity index (χ4n) is 2.27. The van der Waals surface area contributed by atoms with Gasteiger partial charge in [-0.05, 0) is 44.1 Å². The summed E-state index contributed by atoms with van der Waals surface area (Å²) in [6.45, 7) is 3.04. The SMILES string of the molecule is CC#CCCCC(CNC1CC1)c1ccccc1. The molecule has 1 fully saturated rings. The third-order valence-corrected chi connectivity index (χ3v) is 3.53. The van der Waals surface area contributed by atoms with Gasteiger partial charge >= 0.3 is 0 Å². The Bertz CT molecular complexity index is 395. The van der Waals surface area contributed by atoms with Gasteiger partial charge in [-0.3, -0.25) is 0 Å². The molecule has 0 aromatic heterocycles. The van der Waals surface area contributed by atoms with Crippen molar-refractivity contribution in [1.29, 1.82) is 0 Å². The van der Waals surface area contributed by atoms with Crippen molar-refractivity contribution in [1.82, 2.24) is 5.32 Å². The van der Waals surface area contributed by atoms with Gasteiger partial charge in [0.15, 0.2) is 0 Å². The first-order valence-corrected chi connectivity index (χ1v) is 7.08. The van der Waals surface area contributed by atoms with Crippen LogP contribution in [-0.4, -0.2) is 12.6 Å². The van der Waals surface area contributed by atoms with Gasteiger partial charge < -0.3 is 5.32 Å². The van der Waals surface area contributed by atoms with Gasteiger partial charge in [-0.25, -0.2) is 0 Å². The van der Waals surface area contributed by atoms with Crippen LogP contribution in [0.1, 0.15) is 50.5 Å². The normalized spacial score (nSPS) is 15.8. The minimum absolute atomic E-state index is 0.644. The Morgan fingerprint density at radius 2 is 2.06 bits per heavy atom. The maximum absolute atomic E-state index is 3.66. The fourth-order valence-corrected chi connectivity index (χ4v) is 2.27. The van der Waals surface area contributed by atoms with E-state index in [1.54, 1.807) is 0 Å². The lowest BCUT2D eigenvalue weighted by molar-refractivity contribution is 0.535. The molecule has 1 aromatic rings. The number of hydrogen-bond donors (Lipinski definition) is 1. The molecule has 1 aliphatic rings. The first-order valence-electron chi connectivity index (χ1n) is 7.08. The molecule has 0 heterocycles. The molecule has 96 valence electrons. The summed E-state index contributed by atoms with van der Waals surface area (Å²) in [7, 11) is 0. The Labute approximate surface area is 111 Å². The first kappa shape index (κ1) is 13.2. The molecule has 2 rings (SSSR count). The van der Waals surface area contributed by atoms with E-state index >= 15 is 0 Å². The second kappa shape index (κ2) is 7.24. The molecule has 0 amide bonds. The van der Waals surface area contributed by atoms with Crippen LogP contribution in [0.2, 0.25) is 0 Å². The number of benzene rings is 1. The zero-order valence-corrected chi connectivity index (χ0v) is 11.3. The van der Waals surface area contributed by atoms with Gasteiger partial charge in [0.2, 0.25) is 0 Å². The summed E-state index contributed by atoms with van der Waals surface area (Å²) in [5, 5.41) is 3.66. The average molecular weight is 241 g/mol. The van der Waals surface area contributed by atoms with Crippen molar-refractivity contribution in [2.24, 2.45) is 0 Å². The highest BCUT2D eigenvalue weighted by Crippen LogP contribution is 2.24. The zero-order valence-electron chi connectivity index (χ0n) is 11.3. The van der Waals surface area contributed by atoms with Crippen LogP contribution >= 0.6 is 0 Å². The van der Waals surface area contributed by atoms with E-state index < -0.39 is 0 Å². The maximum Gasteiger partial charge on any atom is 0.00888 e. The predicted molar refractivity (Wildman–Crippen MR) is 77.5 cm³/mol. The second-order valence-corrected chi connectivity index (χ2v) is 5.11. The summed E-state index contributed by atoms with van der Waals surface area (Å²) < 4.78 is 0. The molecule has 1 aliphatic carbocycles. The second-order valence-electron chi connectivity index (χ2n) is 5.11. The topological polar surface area (TPSA) is 12.0 Å². The van der Waals surface area contributed by atoms with Crippen LogP contribution in [-0.2, 0) is 0 Å². The molecule has 0 spiro atoms. The average Bonchev–Trinajstić information content (AvgIpc) is 3.23. The van der Waals surface area contributed by atoms with E-state index in [1.807, 2.05) is 6.92 Å². The zero-order chi connectivity index (χ0) is 12.6. The van der Waals surface area contributed by atoms with E-state index in [2.05, 4.69) is 47.5 Å². The van der Waals surface area contributed by atoms with Gasteiger partial charge in [0.25, 0.3) is 0 Å². The third kappa shape index (κ3) is 4.55. The van der Waals surface area contributed by atoms with Crippen molar-refractivity contribution in [3.05, 3.63) is 35.9 Å². The summed E-state index contributed by atoms with van der Waals surface area (Å²) in [6.07, 6.45) is 6.19. The van der Waals surface area contributed by atoms with Gasteiger partial charge in [0.05, 0.1) is 0 Å². The minimum Gasteiger partial charge on any atom is -0.313 e. The van der Waals surface area contributed by atoms with E-state index in [0.717, 1.165) is 19.0 Å². The van der Waals surface area contributed by atoms with E-state index in [-0.39, 0.29) is 0 Å². The largest absolute Gasteiger partial charge is 0.313 e. The van der Waals surface area contributed by atoms with E-state index in [9.17, 15) is 0 Å². The molecule has 0 saturated heterocycles. The third-order valence-electron chi connectivity index (χ3n) is 3.53. The van der Waals surface area contributed by atoms with Crippen LogP contribution in [0.25, 0.3) is 0 Å². The van der Waals surface area contributed by atoms with Gasteiger partial charge in [-0.2, -0.15) is 0 Å². The maximum atomic E-state index is 3.66. The highest BCUT2D eigenvalue weighted by molar-refractivity contribution is 5.20. The number of unbranched alkanes of at least 4 members (excludes halogenated alkanes) is 1. The monoisotopic (exact) mass is 241 g/mol. The molecule has 0 radical (unpaired) electrons. The minimum atomic E-state index is 0.644. The smallest absolute Gasteiger partial charge is 0.00888 e. The molecule has 18 heavy (non-hydrogen) atoms.